The molecule has 0 fully saturated rings. The molecule has 0 bridgehead atoms. The standard InChI is InChI=1S/C45H27N3O2/c1-3-10-30(11-4-1)43-46-44(31-12-5-2-6-13-31)48-45(47-43)33-23-25-37-36-24-22-32(26-40(36)49-41(37)27-33)28-18-20-29(21-19-28)34-15-9-16-38-35-14-7-8-17-39(35)50-42(34)38/h1-27H. The van der Waals surface area contributed by atoms with E-state index in [0.29, 0.717) is 17.5 Å². The number of nitrogens with zero attached hydrogens (tertiary/aromatic N) is 3. The Morgan fingerprint density at radius 3 is 1.48 bits per heavy atom. The first-order valence-corrected chi connectivity index (χ1v) is 16.6. The van der Waals surface area contributed by atoms with Gasteiger partial charge in [0.25, 0.3) is 0 Å². The summed E-state index contributed by atoms with van der Waals surface area (Å²) in [6.07, 6.45) is 0. The molecule has 0 radical (unpaired) electrons. The van der Waals surface area contributed by atoms with Gasteiger partial charge in [0.1, 0.15) is 22.3 Å². The van der Waals surface area contributed by atoms with Crippen molar-refractivity contribution >= 4 is 43.9 Å². The molecule has 0 saturated heterocycles. The van der Waals surface area contributed by atoms with Crippen LogP contribution in [0.5, 0.6) is 0 Å². The van der Waals surface area contributed by atoms with Gasteiger partial charge in [-0.2, -0.15) is 0 Å². The van der Waals surface area contributed by atoms with Crippen LogP contribution in [0.2, 0.25) is 0 Å². The van der Waals surface area contributed by atoms with Crippen LogP contribution < -0.4 is 0 Å². The molecule has 5 nitrogen and oxygen atoms in total. The molecule has 234 valence electrons. The summed E-state index contributed by atoms with van der Waals surface area (Å²) in [4.78, 5) is 14.6. The average molecular weight is 642 g/mol. The predicted octanol–water partition coefficient (Wildman–Crippen LogP) is 12.0. The number of para-hydroxylation sites is 2. The fourth-order valence-corrected chi connectivity index (χ4v) is 6.85. The second-order valence-corrected chi connectivity index (χ2v) is 12.4. The summed E-state index contributed by atoms with van der Waals surface area (Å²) in [7, 11) is 0. The molecule has 3 aromatic heterocycles. The average Bonchev–Trinajstić information content (AvgIpc) is 3.76. The predicted molar refractivity (Wildman–Crippen MR) is 202 cm³/mol. The second kappa shape index (κ2) is 11.4. The van der Waals surface area contributed by atoms with Crippen molar-refractivity contribution < 1.29 is 8.83 Å². The monoisotopic (exact) mass is 641 g/mol. The first kappa shape index (κ1) is 28.2. The number of hydrogen-bond acceptors (Lipinski definition) is 5. The Kier molecular flexibility index (Phi) is 6.42. The van der Waals surface area contributed by atoms with E-state index in [2.05, 4.69) is 84.9 Å². The topological polar surface area (TPSA) is 65.0 Å². The van der Waals surface area contributed by atoms with E-state index in [1.807, 2.05) is 78.9 Å². The summed E-state index contributed by atoms with van der Waals surface area (Å²) in [5, 5.41) is 4.37. The lowest BCUT2D eigenvalue weighted by molar-refractivity contribution is 0.669. The largest absolute Gasteiger partial charge is 0.456 e. The number of fused-ring (bicyclic) bond motifs is 6. The van der Waals surface area contributed by atoms with Crippen LogP contribution in [0.3, 0.4) is 0 Å². The zero-order valence-corrected chi connectivity index (χ0v) is 26.7. The first-order valence-electron chi connectivity index (χ1n) is 16.6. The van der Waals surface area contributed by atoms with Gasteiger partial charge in [-0.05, 0) is 47.0 Å². The summed E-state index contributed by atoms with van der Waals surface area (Å²) in [6, 6.07) is 55.8. The van der Waals surface area contributed by atoms with Crippen LogP contribution in [-0.4, -0.2) is 15.0 Å². The zero-order chi connectivity index (χ0) is 33.0. The molecule has 5 heteroatoms. The highest BCUT2D eigenvalue weighted by molar-refractivity contribution is 6.10. The van der Waals surface area contributed by atoms with Crippen molar-refractivity contribution in [3.8, 4) is 56.4 Å². The number of benzene rings is 7. The van der Waals surface area contributed by atoms with Gasteiger partial charge >= 0.3 is 0 Å². The molecule has 0 aliphatic heterocycles. The molecule has 0 unspecified atom stereocenters. The van der Waals surface area contributed by atoms with Gasteiger partial charge in [0.15, 0.2) is 17.5 Å². The van der Waals surface area contributed by atoms with Crippen LogP contribution in [0, 0.1) is 0 Å². The van der Waals surface area contributed by atoms with Crippen LogP contribution in [0.25, 0.3) is 100 Å². The Balaban J connectivity index is 1.01. The van der Waals surface area contributed by atoms with E-state index >= 15 is 0 Å². The molecule has 0 aliphatic carbocycles. The Labute approximate surface area is 287 Å². The van der Waals surface area contributed by atoms with Crippen molar-refractivity contribution in [1.82, 2.24) is 15.0 Å². The number of hydrogen-bond donors (Lipinski definition) is 0. The Morgan fingerprint density at radius 2 is 0.800 bits per heavy atom. The van der Waals surface area contributed by atoms with Gasteiger partial charge in [0, 0.05) is 43.8 Å². The van der Waals surface area contributed by atoms with E-state index in [-0.39, 0.29) is 0 Å². The summed E-state index contributed by atoms with van der Waals surface area (Å²) >= 11 is 0. The molecule has 0 aliphatic rings. The third-order valence-corrected chi connectivity index (χ3v) is 9.36. The third kappa shape index (κ3) is 4.75. The molecule has 0 N–H and O–H groups in total. The summed E-state index contributed by atoms with van der Waals surface area (Å²) in [6.45, 7) is 0. The van der Waals surface area contributed by atoms with E-state index in [1.165, 1.54) is 0 Å². The highest BCUT2D eigenvalue weighted by Crippen LogP contribution is 2.38. The van der Waals surface area contributed by atoms with Gasteiger partial charge in [-0.15, -0.1) is 0 Å². The molecule has 50 heavy (non-hydrogen) atoms. The van der Waals surface area contributed by atoms with Crippen LogP contribution in [0.1, 0.15) is 0 Å². The van der Waals surface area contributed by atoms with E-state index in [4.69, 9.17) is 23.8 Å². The zero-order valence-electron chi connectivity index (χ0n) is 26.7. The SMILES string of the molecule is c1ccc(-c2nc(-c3ccccc3)nc(-c3ccc4c(c3)oc3cc(-c5ccc(-c6cccc7c6oc6ccccc67)cc5)ccc34)n2)cc1. The molecular weight excluding hydrogens is 615 g/mol. The molecule has 3 heterocycles. The maximum atomic E-state index is 6.49. The smallest absolute Gasteiger partial charge is 0.164 e. The molecule has 10 rings (SSSR count). The summed E-state index contributed by atoms with van der Waals surface area (Å²) in [5.41, 5.74) is 10.6. The van der Waals surface area contributed by atoms with Gasteiger partial charge in [0.2, 0.25) is 0 Å². The quantitative estimate of drug-likeness (QED) is 0.187. The van der Waals surface area contributed by atoms with E-state index < -0.39 is 0 Å². The highest BCUT2D eigenvalue weighted by Gasteiger charge is 2.16. The molecule has 0 atom stereocenters. The maximum absolute atomic E-state index is 6.49. The third-order valence-electron chi connectivity index (χ3n) is 9.36. The summed E-state index contributed by atoms with van der Waals surface area (Å²) < 4.78 is 12.8. The number of rotatable bonds is 5. The van der Waals surface area contributed by atoms with Crippen molar-refractivity contribution in [3.63, 3.8) is 0 Å². The Hall–Kier alpha value is -6.85. The maximum Gasteiger partial charge on any atom is 0.164 e. The van der Waals surface area contributed by atoms with Crippen LogP contribution >= 0.6 is 0 Å². The van der Waals surface area contributed by atoms with E-state index in [9.17, 15) is 0 Å². The molecule has 7 aromatic carbocycles. The lowest BCUT2D eigenvalue weighted by Gasteiger charge is -2.08. The van der Waals surface area contributed by atoms with Crippen molar-refractivity contribution in [2.45, 2.75) is 0 Å². The molecule has 0 spiro atoms. The fourth-order valence-electron chi connectivity index (χ4n) is 6.85. The fraction of sp³-hybridized carbons (Fsp3) is 0. The minimum absolute atomic E-state index is 0.596. The lowest BCUT2D eigenvalue weighted by Crippen LogP contribution is -2.00. The van der Waals surface area contributed by atoms with Crippen molar-refractivity contribution in [3.05, 3.63) is 164 Å². The minimum atomic E-state index is 0.596. The highest BCUT2D eigenvalue weighted by atomic mass is 16.3. The van der Waals surface area contributed by atoms with Crippen molar-refractivity contribution in [2.24, 2.45) is 0 Å². The first-order chi connectivity index (χ1) is 24.7. The molecule has 10 aromatic rings. The van der Waals surface area contributed by atoms with Crippen LogP contribution in [0.4, 0.5) is 0 Å². The van der Waals surface area contributed by atoms with E-state index in [0.717, 1.165) is 82.8 Å². The number of aromatic nitrogens is 3. The minimum Gasteiger partial charge on any atom is -0.456 e. The van der Waals surface area contributed by atoms with Gasteiger partial charge in [-0.1, -0.05) is 133 Å². The van der Waals surface area contributed by atoms with Crippen LogP contribution in [-0.2, 0) is 0 Å². The molecule has 0 amide bonds. The molecular formula is C45H27N3O2. The second-order valence-electron chi connectivity index (χ2n) is 12.4. The number of furan rings is 2. The van der Waals surface area contributed by atoms with Gasteiger partial charge in [-0.3, -0.25) is 0 Å². The lowest BCUT2D eigenvalue weighted by atomic mass is 9.98. The van der Waals surface area contributed by atoms with Gasteiger partial charge in [-0.25, -0.2) is 15.0 Å². The Morgan fingerprint density at radius 1 is 0.300 bits per heavy atom. The Bertz CT molecular complexity index is 2800. The van der Waals surface area contributed by atoms with Gasteiger partial charge < -0.3 is 8.83 Å². The van der Waals surface area contributed by atoms with E-state index in [1.54, 1.807) is 0 Å². The molecule has 0 saturated carbocycles. The summed E-state index contributed by atoms with van der Waals surface area (Å²) in [5.74, 6) is 1.85. The van der Waals surface area contributed by atoms with Crippen molar-refractivity contribution in [2.75, 3.05) is 0 Å². The van der Waals surface area contributed by atoms with Crippen molar-refractivity contribution in [1.29, 1.82) is 0 Å². The van der Waals surface area contributed by atoms with Gasteiger partial charge in [0.05, 0.1) is 0 Å². The van der Waals surface area contributed by atoms with Crippen LogP contribution in [0.15, 0.2) is 173 Å². The normalized spacial score (nSPS) is 11.6.